The largest absolute Gasteiger partial charge is 0.325 e. The van der Waals surface area contributed by atoms with Gasteiger partial charge in [-0.1, -0.05) is 52.3 Å². The molecule has 2 aromatic rings. The monoisotopic (exact) mass is 377 g/mol. The average molecular weight is 378 g/mol. The van der Waals surface area contributed by atoms with Gasteiger partial charge >= 0.3 is 0 Å². The molecular weight excluding hydrogens is 358 g/mol. The molecule has 116 valence electrons. The molecule has 22 heavy (non-hydrogen) atoms. The molecular formula is C18H20BrNOS. The molecule has 2 aromatic carbocycles. The van der Waals surface area contributed by atoms with Crippen LogP contribution in [-0.2, 0) is 10.5 Å². The SMILES string of the molecule is Cc1cccc(C)c1NC(=O)[C@H](C)SCc1ccccc1Br. The summed E-state index contributed by atoms with van der Waals surface area (Å²) in [6.07, 6.45) is 0. The van der Waals surface area contributed by atoms with Crippen molar-refractivity contribution >= 4 is 39.3 Å². The van der Waals surface area contributed by atoms with Crippen LogP contribution in [0.4, 0.5) is 5.69 Å². The zero-order valence-electron chi connectivity index (χ0n) is 13.0. The maximum atomic E-state index is 12.4. The fourth-order valence-electron chi connectivity index (χ4n) is 2.14. The van der Waals surface area contributed by atoms with Gasteiger partial charge in [0.1, 0.15) is 0 Å². The first-order valence-electron chi connectivity index (χ1n) is 7.21. The van der Waals surface area contributed by atoms with Crippen LogP contribution in [-0.4, -0.2) is 11.2 Å². The summed E-state index contributed by atoms with van der Waals surface area (Å²) in [7, 11) is 0. The topological polar surface area (TPSA) is 29.1 Å². The average Bonchev–Trinajstić information content (AvgIpc) is 2.49. The van der Waals surface area contributed by atoms with E-state index in [-0.39, 0.29) is 11.2 Å². The molecule has 1 atom stereocenters. The van der Waals surface area contributed by atoms with Gasteiger partial charge in [-0.2, -0.15) is 0 Å². The molecule has 0 heterocycles. The molecule has 2 nitrogen and oxygen atoms in total. The first-order chi connectivity index (χ1) is 10.5. The molecule has 0 aliphatic heterocycles. The molecule has 0 bridgehead atoms. The minimum Gasteiger partial charge on any atom is -0.325 e. The summed E-state index contributed by atoms with van der Waals surface area (Å²) in [6, 6.07) is 14.1. The molecule has 0 radical (unpaired) electrons. The second kappa shape index (κ2) is 7.84. The minimum atomic E-state index is -0.105. The number of hydrogen-bond acceptors (Lipinski definition) is 2. The fourth-order valence-corrected chi connectivity index (χ4v) is 3.64. The predicted octanol–water partition coefficient (Wildman–Crippen LogP) is 5.33. The number of aryl methyl sites for hydroxylation is 2. The number of rotatable bonds is 5. The van der Waals surface area contributed by atoms with Crippen LogP contribution in [0.3, 0.4) is 0 Å². The van der Waals surface area contributed by atoms with Gasteiger partial charge in [0.05, 0.1) is 5.25 Å². The molecule has 1 amide bonds. The van der Waals surface area contributed by atoms with Crippen LogP contribution >= 0.6 is 27.7 Å². The third-order valence-electron chi connectivity index (χ3n) is 3.55. The highest BCUT2D eigenvalue weighted by atomic mass is 79.9. The lowest BCUT2D eigenvalue weighted by Crippen LogP contribution is -2.23. The van der Waals surface area contributed by atoms with Crippen LogP contribution < -0.4 is 5.32 Å². The summed E-state index contributed by atoms with van der Waals surface area (Å²) >= 11 is 5.18. The Morgan fingerprint density at radius 3 is 2.41 bits per heavy atom. The molecule has 1 N–H and O–H groups in total. The second-order valence-corrected chi connectivity index (χ2v) is 7.48. The fraction of sp³-hybridized carbons (Fsp3) is 0.278. The van der Waals surface area contributed by atoms with Crippen molar-refractivity contribution in [2.75, 3.05) is 5.32 Å². The first-order valence-corrected chi connectivity index (χ1v) is 9.05. The summed E-state index contributed by atoms with van der Waals surface area (Å²) in [5.41, 5.74) is 4.33. The smallest absolute Gasteiger partial charge is 0.237 e. The van der Waals surface area contributed by atoms with Crippen molar-refractivity contribution in [3.8, 4) is 0 Å². The molecule has 4 heteroatoms. The Morgan fingerprint density at radius 1 is 1.14 bits per heavy atom. The second-order valence-electron chi connectivity index (χ2n) is 5.30. The van der Waals surface area contributed by atoms with Gasteiger partial charge in [-0.15, -0.1) is 11.8 Å². The number of benzene rings is 2. The summed E-state index contributed by atoms with van der Waals surface area (Å²) in [6.45, 7) is 5.98. The molecule has 0 spiro atoms. The number of thioether (sulfide) groups is 1. The van der Waals surface area contributed by atoms with E-state index in [9.17, 15) is 4.79 Å². The third kappa shape index (κ3) is 4.37. The zero-order chi connectivity index (χ0) is 16.1. The van der Waals surface area contributed by atoms with E-state index >= 15 is 0 Å². The van der Waals surface area contributed by atoms with E-state index < -0.39 is 0 Å². The maximum absolute atomic E-state index is 12.4. The van der Waals surface area contributed by atoms with Crippen molar-refractivity contribution < 1.29 is 4.79 Å². The highest BCUT2D eigenvalue weighted by Gasteiger charge is 2.16. The Kier molecular flexibility index (Phi) is 6.09. The van der Waals surface area contributed by atoms with Crippen LogP contribution in [0.2, 0.25) is 0 Å². The van der Waals surface area contributed by atoms with Crippen LogP contribution in [0, 0.1) is 13.8 Å². The Morgan fingerprint density at radius 2 is 1.77 bits per heavy atom. The predicted molar refractivity (Wildman–Crippen MR) is 99.4 cm³/mol. The summed E-state index contributed by atoms with van der Waals surface area (Å²) < 4.78 is 1.09. The van der Waals surface area contributed by atoms with Gasteiger partial charge in [-0.05, 0) is 43.5 Å². The van der Waals surface area contributed by atoms with Gasteiger partial charge in [-0.25, -0.2) is 0 Å². The molecule has 0 fully saturated rings. The van der Waals surface area contributed by atoms with E-state index in [0.29, 0.717) is 0 Å². The van der Waals surface area contributed by atoms with Gasteiger partial charge in [-0.3, -0.25) is 4.79 Å². The lowest BCUT2D eigenvalue weighted by atomic mass is 10.1. The number of carbonyl (C=O) groups excluding carboxylic acids is 1. The number of nitrogens with one attached hydrogen (secondary N) is 1. The molecule has 0 saturated carbocycles. The van der Waals surface area contributed by atoms with Crippen LogP contribution in [0.15, 0.2) is 46.9 Å². The number of hydrogen-bond donors (Lipinski definition) is 1. The van der Waals surface area contributed by atoms with Crippen LogP contribution in [0.25, 0.3) is 0 Å². The highest BCUT2D eigenvalue weighted by molar-refractivity contribution is 9.10. The minimum absolute atomic E-state index is 0.0504. The van der Waals surface area contributed by atoms with Crippen LogP contribution in [0.1, 0.15) is 23.6 Å². The third-order valence-corrected chi connectivity index (χ3v) is 5.51. The van der Waals surface area contributed by atoms with Crippen molar-refractivity contribution in [2.45, 2.75) is 31.8 Å². The van der Waals surface area contributed by atoms with Gasteiger partial charge in [0.15, 0.2) is 0 Å². The quantitative estimate of drug-likeness (QED) is 0.762. The first kappa shape index (κ1) is 17.1. The van der Waals surface area contributed by atoms with Gasteiger partial charge in [0.25, 0.3) is 0 Å². The summed E-state index contributed by atoms with van der Waals surface area (Å²) in [4.78, 5) is 12.4. The van der Waals surface area contributed by atoms with Gasteiger partial charge in [0.2, 0.25) is 5.91 Å². The summed E-state index contributed by atoms with van der Waals surface area (Å²) in [5, 5.41) is 2.95. The normalized spacial score (nSPS) is 12.0. The van der Waals surface area contributed by atoms with Gasteiger partial charge in [0, 0.05) is 15.9 Å². The standard InChI is InChI=1S/C18H20BrNOS/c1-12-7-6-8-13(2)17(12)20-18(21)14(3)22-11-15-9-4-5-10-16(15)19/h4-10,14H,11H2,1-3H3,(H,20,21)/t14-/m0/s1. The van der Waals surface area contributed by atoms with E-state index in [1.54, 1.807) is 11.8 Å². The molecule has 0 saturated heterocycles. The Labute approximate surface area is 144 Å². The van der Waals surface area contributed by atoms with Crippen molar-refractivity contribution in [3.63, 3.8) is 0 Å². The van der Waals surface area contributed by atoms with E-state index in [1.165, 1.54) is 5.56 Å². The molecule has 2 rings (SSSR count). The van der Waals surface area contributed by atoms with E-state index in [1.807, 2.05) is 57.2 Å². The van der Waals surface area contributed by atoms with E-state index in [0.717, 1.165) is 27.0 Å². The molecule has 0 aromatic heterocycles. The molecule has 0 aliphatic carbocycles. The van der Waals surface area contributed by atoms with Crippen molar-refractivity contribution in [1.82, 2.24) is 0 Å². The lowest BCUT2D eigenvalue weighted by Gasteiger charge is -2.15. The van der Waals surface area contributed by atoms with Crippen molar-refractivity contribution in [3.05, 3.63) is 63.6 Å². The van der Waals surface area contributed by atoms with Gasteiger partial charge < -0.3 is 5.32 Å². The maximum Gasteiger partial charge on any atom is 0.237 e. The number of amides is 1. The molecule has 0 aliphatic rings. The van der Waals surface area contributed by atoms with E-state index in [4.69, 9.17) is 0 Å². The number of para-hydroxylation sites is 1. The number of anilines is 1. The zero-order valence-corrected chi connectivity index (χ0v) is 15.4. The summed E-state index contributed by atoms with van der Waals surface area (Å²) in [5.74, 6) is 0.859. The highest BCUT2D eigenvalue weighted by Crippen LogP contribution is 2.25. The van der Waals surface area contributed by atoms with Crippen molar-refractivity contribution in [2.24, 2.45) is 0 Å². The Hall–Kier alpha value is -1.26. The molecule has 0 unspecified atom stereocenters. The van der Waals surface area contributed by atoms with E-state index in [2.05, 4.69) is 27.3 Å². The Bertz CT molecular complexity index is 652. The Balaban J connectivity index is 1.97. The van der Waals surface area contributed by atoms with Crippen LogP contribution in [0.5, 0.6) is 0 Å². The lowest BCUT2D eigenvalue weighted by molar-refractivity contribution is -0.115. The number of carbonyl (C=O) groups is 1. The number of halogens is 1. The van der Waals surface area contributed by atoms with Crippen molar-refractivity contribution in [1.29, 1.82) is 0 Å².